The van der Waals surface area contributed by atoms with Gasteiger partial charge in [0.1, 0.15) is 0 Å². The Bertz CT molecular complexity index is 3250. The summed E-state index contributed by atoms with van der Waals surface area (Å²) >= 11 is 0. The third-order valence-corrected chi connectivity index (χ3v) is 12.9. The molecule has 0 heterocycles. The smallest absolute Gasteiger partial charge is 0.0540 e. The topological polar surface area (TPSA) is 3.24 Å². The highest BCUT2D eigenvalue weighted by Gasteiger charge is 2.37. The van der Waals surface area contributed by atoms with Crippen molar-refractivity contribution in [3.63, 3.8) is 0 Å². The fraction of sp³-hybridized carbons (Fsp3) is 0.0492. The third-order valence-electron chi connectivity index (χ3n) is 12.9. The number of para-hydroxylation sites is 2. The van der Waals surface area contributed by atoms with Crippen LogP contribution in [0, 0.1) is 0 Å². The molecule has 0 aromatic heterocycles. The summed E-state index contributed by atoms with van der Waals surface area (Å²) in [6, 6.07) is 86.8. The molecular formula is C61H45N. The first-order valence-corrected chi connectivity index (χ1v) is 21.6. The first-order valence-electron chi connectivity index (χ1n) is 21.6. The van der Waals surface area contributed by atoms with Crippen LogP contribution in [0.2, 0.25) is 0 Å². The number of hydrogen-bond acceptors (Lipinski definition) is 1. The van der Waals surface area contributed by atoms with Crippen LogP contribution < -0.4 is 4.90 Å². The molecule has 1 nitrogen and oxygen atoms in total. The molecule has 1 aliphatic carbocycles. The molecule has 1 heteroatoms. The maximum absolute atomic E-state index is 2.54. The Kier molecular flexibility index (Phi) is 9.24. The second-order valence-electron chi connectivity index (χ2n) is 16.8. The van der Waals surface area contributed by atoms with E-state index in [1.807, 2.05) is 0 Å². The molecule has 10 aromatic rings. The Morgan fingerprint density at radius 1 is 0.290 bits per heavy atom. The number of benzene rings is 10. The van der Waals surface area contributed by atoms with Crippen LogP contribution in [0.25, 0.3) is 77.5 Å². The van der Waals surface area contributed by atoms with Gasteiger partial charge in [-0.05, 0) is 96.2 Å². The number of nitrogens with zero attached hydrogens (tertiary/aromatic N) is 1. The maximum atomic E-state index is 2.54. The van der Waals surface area contributed by atoms with E-state index in [0.717, 1.165) is 33.8 Å². The van der Waals surface area contributed by atoms with Crippen LogP contribution >= 0.6 is 0 Å². The van der Waals surface area contributed by atoms with Crippen molar-refractivity contribution >= 4 is 27.8 Å². The lowest BCUT2D eigenvalue weighted by Gasteiger charge is -2.32. The molecule has 0 radical (unpaired) electrons. The summed E-state index contributed by atoms with van der Waals surface area (Å²) in [6.07, 6.45) is 0. The minimum atomic E-state index is -0.123. The first-order chi connectivity index (χ1) is 30.6. The largest absolute Gasteiger partial charge is 0.309 e. The van der Waals surface area contributed by atoms with E-state index in [4.69, 9.17) is 0 Å². The van der Waals surface area contributed by atoms with Crippen molar-refractivity contribution < 1.29 is 0 Å². The minimum Gasteiger partial charge on any atom is -0.309 e. The third kappa shape index (κ3) is 6.25. The molecule has 0 atom stereocenters. The number of hydrogen-bond donors (Lipinski definition) is 0. The van der Waals surface area contributed by atoms with Crippen LogP contribution in [-0.4, -0.2) is 0 Å². The van der Waals surface area contributed by atoms with Crippen LogP contribution in [0.3, 0.4) is 0 Å². The van der Waals surface area contributed by atoms with Crippen LogP contribution in [0.4, 0.5) is 17.1 Å². The summed E-state index contributed by atoms with van der Waals surface area (Å²) in [7, 11) is 0. The normalized spacial score (nSPS) is 12.5. The molecule has 11 rings (SSSR count). The molecule has 1 aliphatic rings. The van der Waals surface area contributed by atoms with E-state index >= 15 is 0 Å². The Labute approximate surface area is 364 Å². The Balaban J connectivity index is 1.23. The summed E-state index contributed by atoms with van der Waals surface area (Å²) < 4.78 is 0. The molecular weight excluding hydrogens is 747 g/mol. The van der Waals surface area contributed by atoms with Gasteiger partial charge in [-0.3, -0.25) is 0 Å². The van der Waals surface area contributed by atoms with E-state index < -0.39 is 0 Å². The van der Waals surface area contributed by atoms with Gasteiger partial charge in [0.2, 0.25) is 0 Å². The van der Waals surface area contributed by atoms with E-state index in [1.165, 1.54) is 72.0 Å². The van der Waals surface area contributed by atoms with Crippen molar-refractivity contribution in [1.82, 2.24) is 0 Å². The predicted molar refractivity (Wildman–Crippen MR) is 263 cm³/mol. The zero-order valence-electron chi connectivity index (χ0n) is 35.0. The molecule has 294 valence electrons. The van der Waals surface area contributed by atoms with Gasteiger partial charge < -0.3 is 4.90 Å². The van der Waals surface area contributed by atoms with Gasteiger partial charge in [0, 0.05) is 22.1 Å². The zero-order chi connectivity index (χ0) is 41.6. The van der Waals surface area contributed by atoms with Crippen LogP contribution in [0.5, 0.6) is 0 Å². The summed E-state index contributed by atoms with van der Waals surface area (Å²) in [6.45, 7) is 4.73. The van der Waals surface area contributed by atoms with Gasteiger partial charge in [-0.1, -0.05) is 226 Å². The molecule has 10 aromatic carbocycles. The van der Waals surface area contributed by atoms with Gasteiger partial charge in [0.05, 0.1) is 17.1 Å². The maximum Gasteiger partial charge on any atom is 0.0540 e. The number of fused-ring (bicyclic) bond motifs is 4. The monoisotopic (exact) mass is 791 g/mol. The SMILES string of the molecule is CC1(C)c2ccccc2-c2c(-c3ccccc3N(c3ccc(-c4ccccc4)cc3-c3ccccc3)c3ccccc3-c3cccc4cccc(-c5ccccc5)c34)cccc21. The predicted octanol–water partition coefficient (Wildman–Crippen LogP) is 17.0. The van der Waals surface area contributed by atoms with Gasteiger partial charge in [-0.15, -0.1) is 0 Å². The standard InChI is InChI=1S/C61H45N/c1-61(2)54-35-15-12-31-52(54)60-51(34-20-36-55(60)61)49-30-14-17-38-57(49)62(58-40-39-46(42-21-6-3-7-22-42)41-53(58)44-25-10-5-11-26-44)56-37-16-13-29-48(56)50-33-19-28-45-27-18-32-47(59(45)50)43-23-8-4-9-24-43/h3-41H,1-2H3. The Morgan fingerprint density at radius 2 is 0.742 bits per heavy atom. The molecule has 0 bridgehead atoms. The minimum absolute atomic E-state index is 0.123. The summed E-state index contributed by atoms with van der Waals surface area (Å²) in [5, 5.41) is 2.45. The van der Waals surface area contributed by atoms with Crippen LogP contribution in [0.15, 0.2) is 237 Å². The molecule has 0 spiro atoms. The average molecular weight is 792 g/mol. The number of rotatable bonds is 8. The molecule has 0 saturated carbocycles. The summed E-state index contributed by atoms with van der Waals surface area (Å²) in [4.78, 5) is 2.54. The molecule has 0 aliphatic heterocycles. The Hall–Kier alpha value is -7.74. The van der Waals surface area contributed by atoms with Crippen molar-refractivity contribution in [3.8, 4) is 66.8 Å². The fourth-order valence-corrected chi connectivity index (χ4v) is 9.97. The van der Waals surface area contributed by atoms with Crippen molar-refractivity contribution in [2.45, 2.75) is 19.3 Å². The molecule has 62 heavy (non-hydrogen) atoms. The second-order valence-corrected chi connectivity index (χ2v) is 16.8. The highest BCUT2D eigenvalue weighted by Crippen LogP contribution is 2.55. The van der Waals surface area contributed by atoms with E-state index in [1.54, 1.807) is 0 Å². The van der Waals surface area contributed by atoms with Gasteiger partial charge in [-0.2, -0.15) is 0 Å². The van der Waals surface area contributed by atoms with Crippen molar-refractivity contribution in [2.75, 3.05) is 4.90 Å². The van der Waals surface area contributed by atoms with Gasteiger partial charge in [-0.25, -0.2) is 0 Å². The van der Waals surface area contributed by atoms with E-state index in [9.17, 15) is 0 Å². The van der Waals surface area contributed by atoms with Gasteiger partial charge in [0.25, 0.3) is 0 Å². The quantitative estimate of drug-likeness (QED) is 0.148. The lowest BCUT2D eigenvalue weighted by Crippen LogP contribution is -2.15. The van der Waals surface area contributed by atoms with E-state index in [0.29, 0.717) is 0 Å². The summed E-state index contributed by atoms with van der Waals surface area (Å²) in [5.41, 5.74) is 20.4. The number of anilines is 3. The van der Waals surface area contributed by atoms with Crippen molar-refractivity contribution in [1.29, 1.82) is 0 Å². The Morgan fingerprint density at radius 3 is 1.40 bits per heavy atom. The van der Waals surface area contributed by atoms with E-state index in [2.05, 4.69) is 255 Å². The lowest BCUT2D eigenvalue weighted by atomic mass is 9.82. The fourth-order valence-electron chi connectivity index (χ4n) is 9.97. The summed E-state index contributed by atoms with van der Waals surface area (Å²) in [5.74, 6) is 0. The average Bonchev–Trinajstić information content (AvgIpc) is 3.58. The lowest BCUT2D eigenvalue weighted by molar-refractivity contribution is 0.660. The molecule has 0 unspecified atom stereocenters. The van der Waals surface area contributed by atoms with Gasteiger partial charge >= 0.3 is 0 Å². The molecule has 0 N–H and O–H groups in total. The van der Waals surface area contributed by atoms with Crippen molar-refractivity contribution in [3.05, 3.63) is 248 Å². The first kappa shape index (κ1) is 37.3. The van der Waals surface area contributed by atoms with Gasteiger partial charge in [0.15, 0.2) is 0 Å². The molecule has 0 amide bonds. The molecule has 0 fully saturated rings. The molecule has 0 saturated heterocycles. The van der Waals surface area contributed by atoms with Crippen molar-refractivity contribution in [2.24, 2.45) is 0 Å². The van der Waals surface area contributed by atoms with Crippen LogP contribution in [0.1, 0.15) is 25.0 Å². The highest BCUT2D eigenvalue weighted by atomic mass is 15.1. The van der Waals surface area contributed by atoms with Crippen LogP contribution in [-0.2, 0) is 5.41 Å². The zero-order valence-corrected chi connectivity index (χ0v) is 35.0. The second kappa shape index (κ2) is 15.4. The van der Waals surface area contributed by atoms with E-state index in [-0.39, 0.29) is 5.41 Å². The highest BCUT2D eigenvalue weighted by molar-refractivity contribution is 6.10.